The molecule has 1 unspecified atom stereocenters. The maximum atomic E-state index is 12.6. The van der Waals surface area contributed by atoms with Crippen molar-refractivity contribution in [1.82, 2.24) is 15.5 Å². The number of carbonyl (C=O) groups excluding carboxylic acids is 2. The van der Waals surface area contributed by atoms with Gasteiger partial charge in [-0.25, -0.2) is 4.79 Å². The fraction of sp³-hybridized carbons (Fsp3) is 0.364. The molecule has 3 amide bonds. The van der Waals surface area contributed by atoms with Gasteiger partial charge in [0, 0.05) is 38.4 Å². The first kappa shape index (κ1) is 18.5. The number of anilines is 1. The number of para-hydroxylation sites is 1. The van der Waals surface area contributed by atoms with Crippen LogP contribution in [0.2, 0.25) is 0 Å². The van der Waals surface area contributed by atoms with Crippen LogP contribution in [0.15, 0.2) is 48.5 Å². The molecule has 0 aliphatic carbocycles. The van der Waals surface area contributed by atoms with Crippen molar-refractivity contribution in [2.24, 2.45) is 5.92 Å². The summed E-state index contributed by atoms with van der Waals surface area (Å²) in [5.74, 6) is -0.137. The van der Waals surface area contributed by atoms with Gasteiger partial charge in [-0.15, -0.1) is 0 Å². The number of benzene rings is 2. The normalized spacial score (nSPS) is 18.4. The third-order valence-electron chi connectivity index (χ3n) is 5.47. The first-order valence-electron chi connectivity index (χ1n) is 9.89. The monoisotopic (exact) mass is 378 g/mol. The van der Waals surface area contributed by atoms with Gasteiger partial charge in [0.05, 0.1) is 5.92 Å². The third-order valence-corrected chi connectivity index (χ3v) is 5.47. The van der Waals surface area contributed by atoms with Gasteiger partial charge in [0.2, 0.25) is 5.91 Å². The highest BCUT2D eigenvalue weighted by atomic mass is 16.2. The summed E-state index contributed by atoms with van der Waals surface area (Å²) >= 11 is 0. The van der Waals surface area contributed by atoms with Gasteiger partial charge in [0.1, 0.15) is 0 Å². The maximum absolute atomic E-state index is 12.6. The number of rotatable bonds is 4. The topological polar surface area (TPSA) is 73.5 Å². The summed E-state index contributed by atoms with van der Waals surface area (Å²) in [5, 5.41) is 9.29. The number of hydrogen-bond acceptors (Lipinski definition) is 3. The zero-order chi connectivity index (χ0) is 19.3. The van der Waals surface area contributed by atoms with Crippen LogP contribution in [0.1, 0.15) is 29.5 Å². The zero-order valence-electron chi connectivity index (χ0n) is 15.9. The van der Waals surface area contributed by atoms with Gasteiger partial charge in [-0.3, -0.25) is 4.79 Å². The molecular weight excluding hydrogens is 352 g/mol. The molecule has 2 heterocycles. The lowest BCUT2D eigenvalue weighted by molar-refractivity contribution is -0.126. The van der Waals surface area contributed by atoms with E-state index in [0.29, 0.717) is 19.6 Å². The Labute approximate surface area is 165 Å². The van der Waals surface area contributed by atoms with Crippen LogP contribution in [0.3, 0.4) is 0 Å². The number of nitrogens with zero attached hydrogens (tertiary/aromatic N) is 1. The third kappa shape index (κ3) is 4.34. The molecular formula is C22H26N4O2. The molecule has 2 aromatic rings. The molecule has 0 radical (unpaired) electrons. The van der Waals surface area contributed by atoms with E-state index in [0.717, 1.165) is 37.2 Å². The van der Waals surface area contributed by atoms with Crippen molar-refractivity contribution in [3.8, 4) is 0 Å². The molecule has 28 heavy (non-hydrogen) atoms. The van der Waals surface area contributed by atoms with Gasteiger partial charge < -0.3 is 20.9 Å². The number of hydrogen-bond donors (Lipinski definition) is 3. The summed E-state index contributed by atoms with van der Waals surface area (Å²) in [6, 6.07) is 15.6. The van der Waals surface area contributed by atoms with Crippen LogP contribution in [0.25, 0.3) is 0 Å². The highest BCUT2D eigenvalue weighted by Crippen LogP contribution is 2.19. The Morgan fingerprint density at radius 2 is 1.89 bits per heavy atom. The van der Waals surface area contributed by atoms with E-state index in [2.05, 4.69) is 34.1 Å². The van der Waals surface area contributed by atoms with Crippen LogP contribution in [0.4, 0.5) is 10.5 Å². The van der Waals surface area contributed by atoms with E-state index in [1.165, 1.54) is 11.1 Å². The Morgan fingerprint density at radius 1 is 1.07 bits per heavy atom. The van der Waals surface area contributed by atoms with E-state index in [1.54, 1.807) is 4.90 Å². The minimum absolute atomic E-state index is 0.0239. The van der Waals surface area contributed by atoms with Gasteiger partial charge in [0.15, 0.2) is 0 Å². The predicted octanol–water partition coefficient (Wildman–Crippen LogP) is 2.85. The molecule has 1 saturated heterocycles. The van der Waals surface area contributed by atoms with Crippen LogP contribution < -0.4 is 16.0 Å². The largest absolute Gasteiger partial charge is 0.352 e. The number of piperidine rings is 1. The lowest BCUT2D eigenvalue weighted by atomic mass is 9.97. The van der Waals surface area contributed by atoms with Crippen LogP contribution >= 0.6 is 0 Å². The average molecular weight is 378 g/mol. The molecule has 2 aliphatic heterocycles. The minimum Gasteiger partial charge on any atom is -0.352 e. The Kier molecular flexibility index (Phi) is 5.58. The second-order valence-corrected chi connectivity index (χ2v) is 7.51. The standard InChI is InChI=1S/C22H26N4O2/c27-21(24-12-16-8-9-17-13-23-14-19(17)11-16)18-5-4-10-26(15-18)22(28)25-20-6-2-1-3-7-20/h1-3,6-9,11,18,23H,4-5,10,12-15H2,(H,24,27)(H,25,28). The quantitative estimate of drug-likeness (QED) is 0.766. The molecule has 2 aromatic carbocycles. The summed E-state index contributed by atoms with van der Waals surface area (Å²) in [7, 11) is 0. The highest BCUT2D eigenvalue weighted by Gasteiger charge is 2.28. The molecule has 0 spiro atoms. The summed E-state index contributed by atoms with van der Waals surface area (Å²) < 4.78 is 0. The molecule has 0 saturated carbocycles. The zero-order valence-corrected chi connectivity index (χ0v) is 15.9. The van der Waals surface area contributed by atoms with Gasteiger partial charge in [-0.2, -0.15) is 0 Å². The molecule has 4 rings (SSSR count). The maximum Gasteiger partial charge on any atom is 0.321 e. The molecule has 6 heteroatoms. The van der Waals surface area contributed by atoms with E-state index in [1.807, 2.05) is 30.3 Å². The molecule has 6 nitrogen and oxygen atoms in total. The summed E-state index contributed by atoms with van der Waals surface area (Å²) in [6.45, 7) is 3.48. The first-order chi connectivity index (χ1) is 13.7. The van der Waals surface area contributed by atoms with Gasteiger partial charge in [-0.05, 0) is 41.7 Å². The van der Waals surface area contributed by atoms with Crippen LogP contribution in [-0.2, 0) is 24.4 Å². The molecule has 1 atom stereocenters. The number of urea groups is 1. The van der Waals surface area contributed by atoms with Crippen molar-refractivity contribution >= 4 is 17.6 Å². The fourth-order valence-corrected chi connectivity index (χ4v) is 3.89. The summed E-state index contributed by atoms with van der Waals surface area (Å²) in [4.78, 5) is 26.9. The lowest BCUT2D eigenvalue weighted by Crippen LogP contribution is -2.46. The Bertz CT molecular complexity index is 853. The highest BCUT2D eigenvalue weighted by molar-refractivity contribution is 5.90. The second kappa shape index (κ2) is 8.44. The van der Waals surface area contributed by atoms with Crippen molar-refractivity contribution in [1.29, 1.82) is 0 Å². The van der Waals surface area contributed by atoms with Gasteiger partial charge in [-0.1, -0.05) is 36.4 Å². The van der Waals surface area contributed by atoms with Crippen LogP contribution in [0, 0.1) is 5.92 Å². The number of amides is 3. The predicted molar refractivity (Wildman–Crippen MR) is 109 cm³/mol. The Morgan fingerprint density at radius 3 is 2.75 bits per heavy atom. The Hall–Kier alpha value is -2.86. The lowest BCUT2D eigenvalue weighted by Gasteiger charge is -2.32. The molecule has 146 valence electrons. The van der Waals surface area contributed by atoms with E-state index >= 15 is 0 Å². The molecule has 2 aliphatic rings. The van der Waals surface area contributed by atoms with E-state index in [4.69, 9.17) is 0 Å². The smallest absolute Gasteiger partial charge is 0.321 e. The van der Waals surface area contributed by atoms with Crippen molar-refractivity contribution in [2.45, 2.75) is 32.5 Å². The molecule has 1 fully saturated rings. The number of likely N-dealkylation sites (tertiary alicyclic amines) is 1. The molecule has 0 bridgehead atoms. The van der Waals surface area contributed by atoms with Crippen molar-refractivity contribution in [3.63, 3.8) is 0 Å². The number of fused-ring (bicyclic) bond motifs is 1. The number of nitrogens with one attached hydrogen (secondary N) is 3. The van der Waals surface area contributed by atoms with Crippen LogP contribution in [-0.4, -0.2) is 29.9 Å². The van der Waals surface area contributed by atoms with E-state index in [9.17, 15) is 9.59 Å². The van der Waals surface area contributed by atoms with E-state index < -0.39 is 0 Å². The van der Waals surface area contributed by atoms with Gasteiger partial charge >= 0.3 is 6.03 Å². The van der Waals surface area contributed by atoms with Crippen LogP contribution in [0.5, 0.6) is 0 Å². The van der Waals surface area contributed by atoms with Crippen molar-refractivity contribution in [2.75, 3.05) is 18.4 Å². The van der Waals surface area contributed by atoms with Crippen molar-refractivity contribution in [3.05, 3.63) is 65.2 Å². The van der Waals surface area contributed by atoms with E-state index in [-0.39, 0.29) is 17.9 Å². The first-order valence-corrected chi connectivity index (χ1v) is 9.89. The number of carbonyl (C=O) groups is 2. The average Bonchev–Trinajstić information content (AvgIpc) is 3.20. The summed E-state index contributed by atoms with van der Waals surface area (Å²) in [6.07, 6.45) is 1.65. The fourth-order valence-electron chi connectivity index (χ4n) is 3.89. The molecule has 3 N–H and O–H groups in total. The van der Waals surface area contributed by atoms with Crippen molar-refractivity contribution < 1.29 is 9.59 Å². The minimum atomic E-state index is -0.161. The Balaban J connectivity index is 1.30. The second-order valence-electron chi connectivity index (χ2n) is 7.51. The SMILES string of the molecule is O=C(NCc1ccc2c(c1)CNC2)C1CCCN(C(=O)Nc2ccccc2)C1. The molecule has 0 aromatic heterocycles. The van der Waals surface area contributed by atoms with Gasteiger partial charge in [0.25, 0.3) is 0 Å². The summed E-state index contributed by atoms with van der Waals surface area (Å²) in [5.41, 5.74) is 4.53.